The molecule has 0 spiro atoms. The molecule has 3 nitrogen and oxygen atoms in total. The first kappa shape index (κ1) is 13.2. The first-order valence-corrected chi connectivity index (χ1v) is 6.96. The van der Waals surface area contributed by atoms with Crippen LogP contribution >= 0.6 is 11.8 Å². The summed E-state index contributed by atoms with van der Waals surface area (Å²) in [5.74, 6) is 1.78. The van der Waals surface area contributed by atoms with Gasteiger partial charge in [-0.15, -0.1) is 11.8 Å². The zero-order valence-electron chi connectivity index (χ0n) is 10.9. The molecular weight excluding hydrogens is 244 g/mol. The Morgan fingerprint density at radius 3 is 2.78 bits per heavy atom. The summed E-state index contributed by atoms with van der Waals surface area (Å²) in [6.07, 6.45) is 0. The zero-order chi connectivity index (χ0) is 13.1. The topological polar surface area (TPSA) is 52.0 Å². The molecule has 2 aromatic rings. The van der Waals surface area contributed by atoms with Gasteiger partial charge in [0.25, 0.3) is 0 Å². The molecule has 0 saturated carbocycles. The van der Waals surface area contributed by atoms with Gasteiger partial charge in [-0.25, -0.2) is 0 Å². The normalized spacial score (nSPS) is 12.7. The fourth-order valence-electron chi connectivity index (χ4n) is 1.75. The van der Waals surface area contributed by atoms with Gasteiger partial charge >= 0.3 is 0 Å². The minimum absolute atomic E-state index is 0.0737. The van der Waals surface area contributed by atoms with Gasteiger partial charge in [-0.3, -0.25) is 0 Å². The molecule has 1 atom stereocenters. The van der Waals surface area contributed by atoms with Crippen LogP contribution in [-0.2, 0) is 5.75 Å². The lowest BCUT2D eigenvalue weighted by Crippen LogP contribution is -2.04. The van der Waals surface area contributed by atoms with Crippen molar-refractivity contribution in [2.45, 2.75) is 37.5 Å². The Morgan fingerprint density at radius 2 is 2.17 bits per heavy atom. The summed E-state index contributed by atoms with van der Waals surface area (Å²) < 4.78 is 5.16. The van der Waals surface area contributed by atoms with Gasteiger partial charge in [-0.05, 0) is 38.5 Å². The number of rotatable bonds is 4. The molecule has 0 bridgehead atoms. The van der Waals surface area contributed by atoms with Crippen LogP contribution < -0.4 is 5.73 Å². The molecule has 2 N–H and O–H groups in total. The van der Waals surface area contributed by atoms with Gasteiger partial charge in [-0.1, -0.05) is 17.3 Å². The molecule has 96 valence electrons. The second-order valence-electron chi connectivity index (χ2n) is 4.45. The monoisotopic (exact) mass is 262 g/mol. The van der Waals surface area contributed by atoms with E-state index >= 15 is 0 Å². The Morgan fingerprint density at radius 1 is 1.39 bits per heavy atom. The molecule has 0 aliphatic carbocycles. The summed E-state index contributed by atoms with van der Waals surface area (Å²) in [6.45, 7) is 5.93. The average Bonchev–Trinajstić information content (AvgIpc) is 2.67. The van der Waals surface area contributed by atoms with E-state index in [1.807, 2.05) is 26.8 Å². The maximum atomic E-state index is 5.89. The molecule has 1 unspecified atom stereocenters. The Bertz CT molecular complexity index is 515. The highest BCUT2D eigenvalue weighted by molar-refractivity contribution is 7.98. The van der Waals surface area contributed by atoms with Crippen molar-refractivity contribution in [3.05, 3.63) is 46.8 Å². The van der Waals surface area contributed by atoms with E-state index in [9.17, 15) is 0 Å². The predicted molar refractivity (Wildman–Crippen MR) is 74.6 cm³/mol. The number of hydrogen-bond acceptors (Lipinski definition) is 4. The Kier molecular flexibility index (Phi) is 4.09. The maximum absolute atomic E-state index is 5.89. The SMILES string of the molecule is Cc1noc(C)c1CSc1cccc(C(C)N)c1. The minimum atomic E-state index is 0.0737. The van der Waals surface area contributed by atoms with Crippen LogP contribution in [-0.4, -0.2) is 5.16 Å². The molecule has 1 heterocycles. The lowest BCUT2D eigenvalue weighted by atomic mass is 10.1. The van der Waals surface area contributed by atoms with E-state index in [-0.39, 0.29) is 6.04 Å². The zero-order valence-corrected chi connectivity index (χ0v) is 11.8. The maximum Gasteiger partial charge on any atom is 0.137 e. The highest BCUT2D eigenvalue weighted by Gasteiger charge is 2.09. The quantitative estimate of drug-likeness (QED) is 0.855. The summed E-state index contributed by atoms with van der Waals surface area (Å²) in [6, 6.07) is 8.44. The fraction of sp³-hybridized carbons (Fsp3) is 0.357. The summed E-state index contributed by atoms with van der Waals surface area (Å²) in [7, 11) is 0. The van der Waals surface area contributed by atoms with E-state index in [0.717, 1.165) is 17.2 Å². The summed E-state index contributed by atoms with van der Waals surface area (Å²) in [5, 5.41) is 3.97. The van der Waals surface area contributed by atoms with E-state index < -0.39 is 0 Å². The molecule has 2 rings (SSSR count). The Labute approximate surface area is 112 Å². The lowest BCUT2D eigenvalue weighted by molar-refractivity contribution is 0.392. The van der Waals surface area contributed by atoms with Crippen LogP contribution in [0.5, 0.6) is 0 Å². The van der Waals surface area contributed by atoms with E-state index in [0.29, 0.717) is 0 Å². The largest absolute Gasteiger partial charge is 0.361 e. The summed E-state index contributed by atoms with van der Waals surface area (Å²) >= 11 is 1.78. The molecular formula is C14H18N2OS. The second kappa shape index (κ2) is 5.59. The molecule has 0 aliphatic heterocycles. The molecule has 4 heteroatoms. The molecule has 0 saturated heterocycles. The Hall–Kier alpha value is -1.26. The van der Waals surface area contributed by atoms with Gasteiger partial charge in [0.05, 0.1) is 5.69 Å². The molecule has 0 radical (unpaired) electrons. The number of nitrogens with zero attached hydrogens (tertiary/aromatic N) is 1. The van der Waals surface area contributed by atoms with Gasteiger partial charge in [0.2, 0.25) is 0 Å². The molecule has 18 heavy (non-hydrogen) atoms. The fourth-order valence-corrected chi connectivity index (χ4v) is 2.87. The Balaban J connectivity index is 2.09. The third-order valence-corrected chi connectivity index (χ3v) is 3.97. The average molecular weight is 262 g/mol. The first-order valence-electron chi connectivity index (χ1n) is 5.98. The van der Waals surface area contributed by atoms with E-state index in [4.69, 9.17) is 10.3 Å². The minimum Gasteiger partial charge on any atom is -0.361 e. The van der Waals surface area contributed by atoms with Crippen molar-refractivity contribution < 1.29 is 4.52 Å². The highest BCUT2D eigenvalue weighted by atomic mass is 32.2. The van der Waals surface area contributed by atoms with Gasteiger partial charge in [-0.2, -0.15) is 0 Å². The van der Waals surface area contributed by atoms with Crippen molar-refractivity contribution in [1.82, 2.24) is 5.16 Å². The lowest BCUT2D eigenvalue weighted by Gasteiger charge is -2.07. The van der Waals surface area contributed by atoms with E-state index in [1.54, 1.807) is 11.8 Å². The van der Waals surface area contributed by atoms with Crippen LogP contribution in [0.3, 0.4) is 0 Å². The van der Waals surface area contributed by atoms with Crippen molar-refractivity contribution in [2.75, 3.05) is 0 Å². The van der Waals surface area contributed by atoms with Gasteiger partial charge < -0.3 is 10.3 Å². The molecule has 0 amide bonds. The third kappa shape index (κ3) is 2.94. The van der Waals surface area contributed by atoms with Crippen LogP contribution in [0, 0.1) is 13.8 Å². The van der Waals surface area contributed by atoms with Crippen LogP contribution in [0.4, 0.5) is 0 Å². The number of thioether (sulfide) groups is 1. The van der Waals surface area contributed by atoms with Crippen molar-refractivity contribution in [2.24, 2.45) is 5.73 Å². The highest BCUT2D eigenvalue weighted by Crippen LogP contribution is 2.27. The van der Waals surface area contributed by atoms with Crippen molar-refractivity contribution in [3.63, 3.8) is 0 Å². The number of hydrogen-bond donors (Lipinski definition) is 1. The van der Waals surface area contributed by atoms with Crippen molar-refractivity contribution in [1.29, 1.82) is 0 Å². The number of nitrogens with two attached hydrogens (primary N) is 1. The van der Waals surface area contributed by atoms with Gasteiger partial charge in [0, 0.05) is 22.3 Å². The molecule has 0 fully saturated rings. The van der Waals surface area contributed by atoms with Gasteiger partial charge in [0.15, 0.2) is 0 Å². The number of aromatic nitrogens is 1. The second-order valence-corrected chi connectivity index (χ2v) is 5.50. The van der Waals surface area contributed by atoms with Crippen LogP contribution in [0.1, 0.15) is 35.5 Å². The van der Waals surface area contributed by atoms with Crippen LogP contribution in [0.15, 0.2) is 33.7 Å². The van der Waals surface area contributed by atoms with E-state index in [2.05, 4.69) is 23.4 Å². The smallest absolute Gasteiger partial charge is 0.137 e. The number of aryl methyl sites for hydroxylation is 2. The van der Waals surface area contributed by atoms with Crippen LogP contribution in [0.25, 0.3) is 0 Å². The summed E-state index contributed by atoms with van der Waals surface area (Å²) in [4.78, 5) is 1.23. The molecule has 1 aromatic heterocycles. The van der Waals surface area contributed by atoms with Crippen molar-refractivity contribution in [3.8, 4) is 0 Å². The predicted octanol–water partition coefficient (Wildman–Crippen LogP) is 3.60. The first-order chi connectivity index (χ1) is 8.58. The standard InChI is InChI=1S/C14H18N2OS/c1-9(15)12-5-4-6-13(7-12)18-8-14-10(2)16-17-11(14)3/h4-7,9H,8,15H2,1-3H3. The van der Waals surface area contributed by atoms with Crippen LogP contribution in [0.2, 0.25) is 0 Å². The van der Waals surface area contributed by atoms with Crippen molar-refractivity contribution >= 4 is 11.8 Å². The van der Waals surface area contributed by atoms with Gasteiger partial charge in [0.1, 0.15) is 5.76 Å². The third-order valence-electron chi connectivity index (χ3n) is 2.95. The number of benzene rings is 1. The molecule has 1 aromatic carbocycles. The molecule has 0 aliphatic rings. The summed E-state index contributed by atoms with van der Waals surface area (Å²) in [5.41, 5.74) is 9.21. The van der Waals surface area contributed by atoms with E-state index in [1.165, 1.54) is 16.0 Å².